The predicted octanol–water partition coefficient (Wildman–Crippen LogP) is 5.07. The van der Waals surface area contributed by atoms with E-state index in [0.717, 1.165) is 5.56 Å². The Hall–Kier alpha value is -2.47. The SMILES string of the molecule is O=C1CSC(C(=O)Nc2ccc3c(c2)OCO3)c2cc(C3CCCCC3)ccc21. The number of carbonyl (C=O) groups excluding carboxylic acids is 2. The van der Waals surface area contributed by atoms with Gasteiger partial charge in [-0.25, -0.2) is 0 Å². The van der Waals surface area contributed by atoms with Crippen molar-refractivity contribution in [2.45, 2.75) is 43.3 Å². The maximum Gasteiger partial charge on any atom is 0.242 e. The highest BCUT2D eigenvalue weighted by atomic mass is 32.2. The summed E-state index contributed by atoms with van der Waals surface area (Å²) in [7, 11) is 0. The van der Waals surface area contributed by atoms with Crippen LogP contribution in [0.5, 0.6) is 11.5 Å². The van der Waals surface area contributed by atoms with Crippen molar-refractivity contribution in [1.29, 1.82) is 0 Å². The van der Waals surface area contributed by atoms with E-state index in [9.17, 15) is 9.59 Å². The van der Waals surface area contributed by atoms with Crippen LogP contribution in [0.2, 0.25) is 0 Å². The molecule has 0 radical (unpaired) electrons. The van der Waals surface area contributed by atoms with Crippen LogP contribution in [0, 0.1) is 0 Å². The summed E-state index contributed by atoms with van der Waals surface area (Å²) in [5.74, 6) is 2.18. The van der Waals surface area contributed by atoms with E-state index in [2.05, 4.69) is 17.4 Å². The molecule has 0 spiro atoms. The van der Waals surface area contributed by atoms with Crippen molar-refractivity contribution < 1.29 is 19.1 Å². The van der Waals surface area contributed by atoms with Crippen LogP contribution >= 0.6 is 11.8 Å². The quantitative estimate of drug-likeness (QED) is 0.767. The van der Waals surface area contributed by atoms with Gasteiger partial charge in [-0.05, 0) is 42.0 Å². The van der Waals surface area contributed by atoms with Gasteiger partial charge in [0.15, 0.2) is 17.3 Å². The van der Waals surface area contributed by atoms with E-state index >= 15 is 0 Å². The number of Topliss-reactive ketones (excluding diaryl/α,β-unsaturated/α-hetero) is 1. The molecule has 5 rings (SSSR count). The number of ether oxygens (including phenoxy) is 2. The molecule has 2 heterocycles. The zero-order valence-corrected chi connectivity index (χ0v) is 16.9. The first-order valence-corrected chi connectivity index (χ1v) is 11.2. The van der Waals surface area contributed by atoms with E-state index in [-0.39, 0.29) is 18.5 Å². The smallest absolute Gasteiger partial charge is 0.242 e. The lowest BCUT2D eigenvalue weighted by molar-refractivity contribution is -0.115. The molecule has 1 N–H and O–H groups in total. The van der Waals surface area contributed by atoms with Crippen LogP contribution in [0.25, 0.3) is 0 Å². The Morgan fingerprint density at radius 2 is 1.83 bits per heavy atom. The molecule has 1 unspecified atom stereocenters. The number of amides is 1. The van der Waals surface area contributed by atoms with Gasteiger partial charge in [0.25, 0.3) is 0 Å². The monoisotopic (exact) mass is 409 g/mol. The first-order valence-electron chi connectivity index (χ1n) is 10.2. The summed E-state index contributed by atoms with van der Waals surface area (Å²) in [6.07, 6.45) is 6.19. The summed E-state index contributed by atoms with van der Waals surface area (Å²) in [5, 5.41) is 2.60. The molecule has 0 aromatic heterocycles. The number of benzene rings is 2. The molecule has 2 aromatic rings. The molecule has 150 valence electrons. The van der Waals surface area contributed by atoms with Gasteiger partial charge in [0.2, 0.25) is 12.7 Å². The van der Waals surface area contributed by atoms with Gasteiger partial charge >= 0.3 is 0 Å². The summed E-state index contributed by atoms with van der Waals surface area (Å²) < 4.78 is 10.7. The van der Waals surface area contributed by atoms with Gasteiger partial charge in [-0.1, -0.05) is 37.5 Å². The minimum absolute atomic E-state index is 0.104. The van der Waals surface area contributed by atoms with Gasteiger partial charge in [0, 0.05) is 17.3 Å². The third-order valence-corrected chi connectivity index (χ3v) is 7.22. The van der Waals surface area contributed by atoms with Crippen LogP contribution in [0.3, 0.4) is 0 Å². The van der Waals surface area contributed by atoms with Gasteiger partial charge in [-0.15, -0.1) is 11.8 Å². The fraction of sp³-hybridized carbons (Fsp3) is 0.391. The first kappa shape index (κ1) is 18.6. The minimum atomic E-state index is -0.392. The predicted molar refractivity (Wildman–Crippen MR) is 113 cm³/mol. The molecule has 1 amide bonds. The van der Waals surface area contributed by atoms with E-state index in [4.69, 9.17) is 9.47 Å². The third kappa shape index (κ3) is 3.62. The molecule has 5 nitrogen and oxygen atoms in total. The maximum absolute atomic E-state index is 13.1. The molecule has 1 aliphatic carbocycles. The Balaban J connectivity index is 1.41. The van der Waals surface area contributed by atoms with E-state index in [1.54, 1.807) is 12.1 Å². The molecule has 29 heavy (non-hydrogen) atoms. The van der Waals surface area contributed by atoms with Crippen LogP contribution in [0.4, 0.5) is 5.69 Å². The van der Waals surface area contributed by atoms with Crippen molar-refractivity contribution in [2.24, 2.45) is 0 Å². The zero-order valence-electron chi connectivity index (χ0n) is 16.1. The Bertz CT molecular complexity index is 967. The minimum Gasteiger partial charge on any atom is -0.454 e. The van der Waals surface area contributed by atoms with Gasteiger partial charge in [-0.3, -0.25) is 9.59 Å². The number of nitrogens with one attached hydrogen (secondary N) is 1. The van der Waals surface area contributed by atoms with Crippen LogP contribution in [-0.2, 0) is 4.79 Å². The molecule has 2 aromatic carbocycles. The van der Waals surface area contributed by atoms with Crippen LogP contribution in [0.15, 0.2) is 36.4 Å². The standard InChI is InChI=1S/C23H23NO4S/c25-19-12-29-22(23(26)24-16-7-9-20-21(11-16)28-13-27-20)18-10-15(6-8-17(18)19)14-4-2-1-3-5-14/h6-11,14,22H,1-5,12-13H2,(H,24,26). The molecule has 0 saturated heterocycles. The zero-order chi connectivity index (χ0) is 19.8. The molecular weight excluding hydrogens is 386 g/mol. The second-order valence-corrected chi connectivity index (χ2v) is 8.95. The normalized spacial score (nSPS) is 21.0. The second kappa shape index (κ2) is 7.75. The molecule has 1 saturated carbocycles. The molecule has 3 aliphatic rings. The number of ketones is 1. The lowest BCUT2D eigenvalue weighted by atomic mass is 9.82. The lowest BCUT2D eigenvalue weighted by Crippen LogP contribution is -2.26. The number of rotatable bonds is 3. The van der Waals surface area contributed by atoms with Crippen molar-refractivity contribution in [2.75, 3.05) is 17.9 Å². The lowest BCUT2D eigenvalue weighted by Gasteiger charge is -2.27. The first-order chi connectivity index (χ1) is 14.2. The number of carbonyl (C=O) groups is 2. The highest BCUT2D eigenvalue weighted by molar-refractivity contribution is 8.01. The van der Waals surface area contributed by atoms with E-state index in [0.29, 0.717) is 34.4 Å². The molecule has 2 aliphatic heterocycles. The van der Waals surface area contributed by atoms with Crippen molar-refractivity contribution in [3.8, 4) is 11.5 Å². The molecule has 0 bridgehead atoms. The van der Waals surface area contributed by atoms with Gasteiger partial charge < -0.3 is 14.8 Å². The Morgan fingerprint density at radius 3 is 2.69 bits per heavy atom. The Labute approximate surface area is 174 Å². The summed E-state index contributed by atoms with van der Waals surface area (Å²) >= 11 is 1.40. The number of hydrogen-bond acceptors (Lipinski definition) is 5. The number of hydrogen-bond donors (Lipinski definition) is 1. The van der Waals surface area contributed by atoms with Crippen molar-refractivity contribution in [3.63, 3.8) is 0 Å². The van der Waals surface area contributed by atoms with Crippen molar-refractivity contribution in [3.05, 3.63) is 53.1 Å². The van der Waals surface area contributed by atoms with Gasteiger partial charge in [0.1, 0.15) is 5.25 Å². The fourth-order valence-electron chi connectivity index (χ4n) is 4.47. The molecule has 1 atom stereocenters. The topological polar surface area (TPSA) is 64.6 Å². The Morgan fingerprint density at radius 1 is 1.00 bits per heavy atom. The van der Waals surface area contributed by atoms with Crippen molar-refractivity contribution >= 4 is 29.1 Å². The van der Waals surface area contributed by atoms with E-state index in [1.165, 1.54) is 49.4 Å². The highest BCUT2D eigenvalue weighted by Crippen LogP contribution is 2.41. The fourth-order valence-corrected chi connectivity index (χ4v) is 5.53. The third-order valence-electron chi connectivity index (χ3n) is 5.99. The van der Waals surface area contributed by atoms with Crippen LogP contribution in [0.1, 0.15) is 64.8 Å². The summed E-state index contributed by atoms with van der Waals surface area (Å²) in [6.45, 7) is 0.199. The number of thioether (sulfide) groups is 1. The van der Waals surface area contributed by atoms with Gasteiger partial charge in [-0.2, -0.15) is 0 Å². The van der Waals surface area contributed by atoms with Gasteiger partial charge in [0.05, 0.1) is 5.75 Å². The number of anilines is 1. The summed E-state index contributed by atoms with van der Waals surface area (Å²) in [5.41, 5.74) is 3.48. The van der Waals surface area contributed by atoms with Crippen molar-refractivity contribution in [1.82, 2.24) is 0 Å². The van der Waals surface area contributed by atoms with Crippen LogP contribution < -0.4 is 14.8 Å². The summed E-state index contributed by atoms with van der Waals surface area (Å²) in [4.78, 5) is 25.6. The highest BCUT2D eigenvalue weighted by Gasteiger charge is 2.32. The second-order valence-electron chi connectivity index (χ2n) is 7.85. The maximum atomic E-state index is 13.1. The van der Waals surface area contributed by atoms with E-state index < -0.39 is 5.25 Å². The average molecular weight is 410 g/mol. The average Bonchev–Trinajstić information content (AvgIpc) is 3.22. The molecule has 1 fully saturated rings. The van der Waals surface area contributed by atoms with E-state index in [1.807, 2.05) is 12.1 Å². The Kier molecular flexibility index (Phi) is 4.96. The molecular formula is C23H23NO4S. The summed E-state index contributed by atoms with van der Waals surface area (Å²) in [6, 6.07) is 11.5. The molecule has 6 heteroatoms. The number of fused-ring (bicyclic) bond motifs is 2. The largest absolute Gasteiger partial charge is 0.454 e. The van der Waals surface area contributed by atoms with Crippen LogP contribution in [-0.4, -0.2) is 24.2 Å².